The largest absolute Gasteiger partial charge is 0.208 e. The molecule has 0 aliphatic heterocycles. The van der Waals surface area contributed by atoms with Crippen molar-refractivity contribution in [2.24, 2.45) is 17.8 Å². The summed E-state index contributed by atoms with van der Waals surface area (Å²) in [6, 6.07) is 56.5. The second kappa shape index (κ2) is 14.4. The maximum Gasteiger partial charge on any atom is 0.164 e. The fourth-order valence-corrected chi connectivity index (χ4v) is 10.4. The van der Waals surface area contributed by atoms with E-state index in [0.29, 0.717) is 40.4 Å². The molecular weight excluding hydrogens is 709 g/mol. The van der Waals surface area contributed by atoms with Gasteiger partial charge in [-0.25, -0.2) is 29.9 Å². The van der Waals surface area contributed by atoms with E-state index >= 15 is 0 Å². The minimum Gasteiger partial charge on any atom is -0.208 e. The predicted octanol–water partition coefficient (Wildman–Crippen LogP) is 12.2. The minimum absolute atomic E-state index is 0.341. The van der Waals surface area contributed by atoms with Crippen molar-refractivity contribution in [2.75, 3.05) is 0 Å². The van der Waals surface area contributed by atoms with Gasteiger partial charge in [0.05, 0.1) is 0 Å². The van der Waals surface area contributed by atoms with Gasteiger partial charge in [-0.2, -0.15) is 0 Å². The third kappa shape index (κ3) is 6.58. The lowest BCUT2D eigenvalue weighted by atomic mass is 9.48. The van der Waals surface area contributed by atoms with E-state index in [1.807, 2.05) is 66.7 Å². The molecule has 0 radical (unpaired) electrons. The van der Waals surface area contributed by atoms with Crippen LogP contribution in [0.1, 0.15) is 44.1 Å². The van der Waals surface area contributed by atoms with Crippen molar-refractivity contribution in [3.63, 3.8) is 0 Å². The lowest BCUT2D eigenvalue weighted by Crippen LogP contribution is -2.48. The third-order valence-corrected chi connectivity index (χ3v) is 12.8. The van der Waals surface area contributed by atoms with Gasteiger partial charge < -0.3 is 0 Å². The van der Waals surface area contributed by atoms with Gasteiger partial charge >= 0.3 is 0 Å². The van der Waals surface area contributed by atoms with Gasteiger partial charge in [-0.15, -0.1) is 0 Å². The Morgan fingerprint density at radius 2 is 0.586 bits per heavy atom. The molecule has 12 rings (SSSR count). The molecule has 2 aromatic heterocycles. The molecule has 0 saturated heterocycles. The normalized spacial score (nSPS) is 20.6. The van der Waals surface area contributed by atoms with Crippen molar-refractivity contribution in [1.29, 1.82) is 0 Å². The van der Waals surface area contributed by atoms with Crippen LogP contribution < -0.4 is 0 Å². The maximum absolute atomic E-state index is 5.14. The fourth-order valence-electron chi connectivity index (χ4n) is 10.4. The van der Waals surface area contributed by atoms with E-state index in [0.717, 1.165) is 56.7 Å². The fraction of sp³-hybridized carbons (Fsp3) is 0.192. The molecule has 0 amide bonds. The van der Waals surface area contributed by atoms with Crippen molar-refractivity contribution < 1.29 is 0 Å². The number of hydrogen-bond donors (Lipinski definition) is 0. The molecule has 4 fully saturated rings. The van der Waals surface area contributed by atoms with Crippen LogP contribution in [0.5, 0.6) is 0 Å². The zero-order chi connectivity index (χ0) is 38.5. The predicted molar refractivity (Wildman–Crippen MR) is 231 cm³/mol. The summed E-state index contributed by atoms with van der Waals surface area (Å²) in [4.78, 5) is 30.3. The van der Waals surface area contributed by atoms with Gasteiger partial charge in [0.25, 0.3) is 0 Å². The molecule has 58 heavy (non-hydrogen) atoms. The SMILES string of the molecule is c1ccc(-c2ccc(-c3nc(-c4ccccc4)nc(-c4cccc(-c5nc(-c6ccccc6)nc(-c6ccc(C78CC9CC(CC(C9)C7)C8)cc6)n5)c4)n3)cc2)cc1. The molecule has 2 heterocycles. The van der Waals surface area contributed by atoms with Crippen LogP contribution in [0.4, 0.5) is 0 Å². The van der Waals surface area contributed by atoms with Crippen LogP contribution in [0.2, 0.25) is 0 Å². The average Bonchev–Trinajstić information content (AvgIpc) is 3.29. The summed E-state index contributed by atoms with van der Waals surface area (Å²) in [6.45, 7) is 0. The molecule has 6 heteroatoms. The van der Waals surface area contributed by atoms with E-state index in [-0.39, 0.29) is 0 Å². The summed E-state index contributed by atoms with van der Waals surface area (Å²) in [7, 11) is 0. The summed E-state index contributed by atoms with van der Waals surface area (Å²) >= 11 is 0. The summed E-state index contributed by atoms with van der Waals surface area (Å²) in [5, 5.41) is 0. The quantitative estimate of drug-likeness (QED) is 0.154. The maximum atomic E-state index is 5.14. The average molecular weight is 751 g/mol. The number of rotatable bonds is 8. The van der Waals surface area contributed by atoms with Crippen LogP contribution in [-0.4, -0.2) is 29.9 Å². The highest BCUT2D eigenvalue weighted by molar-refractivity contribution is 5.73. The van der Waals surface area contributed by atoms with Gasteiger partial charge in [0.1, 0.15) is 0 Å². The molecule has 4 bridgehead atoms. The zero-order valence-corrected chi connectivity index (χ0v) is 32.2. The Labute approximate surface area is 339 Å². The molecule has 0 spiro atoms. The second-order valence-electron chi connectivity index (χ2n) is 16.6. The number of nitrogens with zero attached hydrogens (tertiary/aromatic N) is 6. The minimum atomic E-state index is 0.341. The van der Waals surface area contributed by atoms with Gasteiger partial charge in [0.15, 0.2) is 34.9 Å². The van der Waals surface area contributed by atoms with Crippen LogP contribution in [-0.2, 0) is 5.41 Å². The molecule has 8 aromatic rings. The Morgan fingerprint density at radius 1 is 0.293 bits per heavy atom. The number of aromatic nitrogens is 6. The van der Waals surface area contributed by atoms with Crippen molar-refractivity contribution in [2.45, 2.75) is 43.9 Å². The summed E-state index contributed by atoms with van der Waals surface area (Å²) in [5.41, 5.74) is 9.64. The first-order valence-electron chi connectivity index (χ1n) is 20.6. The highest BCUT2D eigenvalue weighted by atomic mass is 15.0. The van der Waals surface area contributed by atoms with E-state index in [4.69, 9.17) is 29.9 Å². The molecule has 6 aromatic carbocycles. The Kier molecular flexibility index (Phi) is 8.57. The lowest BCUT2D eigenvalue weighted by molar-refractivity contribution is -0.00518. The van der Waals surface area contributed by atoms with Crippen molar-refractivity contribution in [3.05, 3.63) is 169 Å². The summed E-state index contributed by atoms with van der Waals surface area (Å²) in [6.07, 6.45) is 8.37. The molecule has 4 aliphatic carbocycles. The van der Waals surface area contributed by atoms with Crippen molar-refractivity contribution in [3.8, 4) is 79.5 Å². The van der Waals surface area contributed by atoms with E-state index in [1.54, 1.807) is 0 Å². The molecule has 4 saturated carbocycles. The van der Waals surface area contributed by atoms with E-state index in [9.17, 15) is 0 Å². The van der Waals surface area contributed by atoms with E-state index < -0.39 is 0 Å². The van der Waals surface area contributed by atoms with Gasteiger partial charge in [-0.05, 0) is 84.5 Å². The Hall–Kier alpha value is -6.66. The van der Waals surface area contributed by atoms with Crippen LogP contribution >= 0.6 is 0 Å². The second-order valence-corrected chi connectivity index (χ2v) is 16.6. The zero-order valence-electron chi connectivity index (χ0n) is 32.2. The molecule has 280 valence electrons. The van der Waals surface area contributed by atoms with Gasteiger partial charge in [-0.3, -0.25) is 0 Å². The van der Waals surface area contributed by atoms with Gasteiger partial charge in [0, 0.05) is 33.4 Å². The van der Waals surface area contributed by atoms with Gasteiger partial charge in [-0.1, -0.05) is 158 Å². The first kappa shape index (κ1) is 34.6. The number of hydrogen-bond acceptors (Lipinski definition) is 6. The summed E-state index contributed by atoms with van der Waals surface area (Å²) < 4.78 is 0. The Morgan fingerprint density at radius 3 is 1.00 bits per heavy atom. The monoisotopic (exact) mass is 750 g/mol. The van der Waals surface area contributed by atoms with Crippen molar-refractivity contribution in [1.82, 2.24) is 29.9 Å². The van der Waals surface area contributed by atoms with Gasteiger partial charge in [0.2, 0.25) is 0 Å². The summed E-state index contributed by atoms with van der Waals surface area (Å²) in [5.74, 6) is 6.43. The Balaban J connectivity index is 0.974. The standard InChI is InChI=1S/C52H42N6/c1-4-11-37(12-5-1)38-19-21-41(22-20-38)48-53-46(39-13-6-2-7-14-39)55-50(57-48)43-17-10-18-44(30-43)51-56-47(40-15-8-3-9-16-40)54-49(58-51)42-23-25-45(26-24-42)52-31-34-27-35(32-52)29-36(28-34)33-52/h1-26,30,34-36H,27-29,31-33H2. The Bertz CT molecular complexity index is 2700. The number of benzene rings is 6. The lowest BCUT2D eigenvalue weighted by Gasteiger charge is -2.57. The molecule has 0 unspecified atom stereocenters. The van der Waals surface area contributed by atoms with E-state index in [2.05, 4.69) is 97.1 Å². The van der Waals surface area contributed by atoms with Crippen LogP contribution in [0.3, 0.4) is 0 Å². The third-order valence-electron chi connectivity index (χ3n) is 12.8. The van der Waals surface area contributed by atoms with Crippen LogP contribution in [0, 0.1) is 17.8 Å². The topological polar surface area (TPSA) is 77.3 Å². The highest BCUT2D eigenvalue weighted by Gasteiger charge is 2.51. The van der Waals surface area contributed by atoms with Crippen LogP contribution in [0.15, 0.2) is 164 Å². The van der Waals surface area contributed by atoms with Crippen molar-refractivity contribution >= 4 is 0 Å². The van der Waals surface area contributed by atoms with Crippen LogP contribution in [0.25, 0.3) is 79.5 Å². The molecule has 6 nitrogen and oxygen atoms in total. The first-order valence-corrected chi connectivity index (χ1v) is 20.6. The molecule has 4 aliphatic rings. The molecule has 0 atom stereocenters. The first-order chi connectivity index (χ1) is 28.6. The molecule has 0 N–H and O–H groups in total. The highest BCUT2D eigenvalue weighted by Crippen LogP contribution is 2.60. The van der Waals surface area contributed by atoms with E-state index in [1.165, 1.54) is 49.7 Å². The smallest absolute Gasteiger partial charge is 0.164 e. The molecular formula is C52H42N6.